The van der Waals surface area contributed by atoms with Crippen molar-refractivity contribution in [3.05, 3.63) is 18.0 Å². The van der Waals surface area contributed by atoms with E-state index < -0.39 is 0 Å². The number of halogens is 1. The lowest BCUT2D eigenvalue weighted by Gasteiger charge is -2.38. The molecule has 1 saturated heterocycles. The van der Waals surface area contributed by atoms with Gasteiger partial charge in [-0.1, -0.05) is 6.92 Å². The Labute approximate surface area is 156 Å². The predicted molar refractivity (Wildman–Crippen MR) is 101 cm³/mol. The molecule has 1 aliphatic heterocycles. The Hall–Kier alpha value is -1.07. The van der Waals surface area contributed by atoms with E-state index in [2.05, 4.69) is 28.4 Å². The summed E-state index contributed by atoms with van der Waals surface area (Å²) in [5.74, 6) is 1.58. The number of aromatic nitrogens is 2. The third-order valence-electron chi connectivity index (χ3n) is 6.26. The van der Waals surface area contributed by atoms with E-state index in [0.717, 1.165) is 19.0 Å². The quantitative estimate of drug-likeness (QED) is 0.891. The van der Waals surface area contributed by atoms with E-state index in [4.69, 9.17) is 0 Å². The molecule has 2 atom stereocenters. The number of amides is 1. The second-order valence-electron chi connectivity index (χ2n) is 8.21. The number of rotatable bonds is 4. The molecule has 3 fully saturated rings. The molecule has 0 spiro atoms. The topological polar surface area (TPSA) is 50.2 Å². The fraction of sp³-hybridized carbons (Fsp3) is 0.789. The average molecular weight is 367 g/mol. The molecule has 0 bridgehead atoms. The van der Waals surface area contributed by atoms with Crippen LogP contribution < -0.4 is 5.32 Å². The first-order valence-electron chi connectivity index (χ1n) is 9.65. The van der Waals surface area contributed by atoms with E-state index in [0.29, 0.717) is 18.0 Å². The minimum atomic E-state index is 0. The van der Waals surface area contributed by atoms with Crippen molar-refractivity contribution in [2.75, 3.05) is 13.1 Å². The van der Waals surface area contributed by atoms with Crippen LogP contribution in [0.5, 0.6) is 0 Å². The Morgan fingerprint density at radius 2 is 1.80 bits per heavy atom. The number of hydrogen-bond acceptors (Lipinski definition) is 3. The normalized spacial score (nSPS) is 32.2. The van der Waals surface area contributed by atoms with Gasteiger partial charge in [0.05, 0.1) is 12.1 Å². The molecule has 3 aliphatic rings. The van der Waals surface area contributed by atoms with Crippen molar-refractivity contribution in [2.24, 2.45) is 18.9 Å². The van der Waals surface area contributed by atoms with Crippen LogP contribution in [-0.4, -0.2) is 45.8 Å². The van der Waals surface area contributed by atoms with Gasteiger partial charge in [-0.15, -0.1) is 12.4 Å². The molecule has 2 aliphatic carbocycles. The first-order valence-corrected chi connectivity index (χ1v) is 9.65. The van der Waals surface area contributed by atoms with Crippen LogP contribution in [0.15, 0.2) is 12.4 Å². The lowest BCUT2D eigenvalue weighted by molar-refractivity contribution is -0.139. The third kappa shape index (κ3) is 3.87. The molecule has 5 nitrogen and oxygen atoms in total. The number of carbonyl (C=O) groups excluding carboxylic acids is 1. The van der Waals surface area contributed by atoms with Gasteiger partial charge in [0, 0.05) is 44.3 Å². The zero-order valence-electron chi connectivity index (χ0n) is 15.4. The molecule has 1 N–H and O–H groups in total. The highest BCUT2D eigenvalue weighted by Crippen LogP contribution is 2.38. The molecule has 2 heterocycles. The maximum atomic E-state index is 13.5. The van der Waals surface area contributed by atoms with Crippen molar-refractivity contribution in [3.8, 4) is 0 Å². The zero-order valence-corrected chi connectivity index (χ0v) is 16.2. The summed E-state index contributed by atoms with van der Waals surface area (Å²) in [6, 6.07) is 1.00. The van der Waals surface area contributed by atoms with Crippen molar-refractivity contribution in [2.45, 2.75) is 63.5 Å². The van der Waals surface area contributed by atoms with E-state index in [1.54, 1.807) is 0 Å². The van der Waals surface area contributed by atoms with Gasteiger partial charge in [0.15, 0.2) is 0 Å². The van der Waals surface area contributed by atoms with Crippen LogP contribution >= 0.6 is 12.4 Å². The molecular weight excluding hydrogens is 336 g/mol. The Morgan fingerprint density at radius 3 is 2.36 bits per heavy atom. The van der Waals surface area contributed by atoms with Crippen LogP contribution in [0.4, 0.5) is 0 Å². The van der Waals surface area contributed by atoms with Gasteiger partial charge in [-0.3, -0.25) is 9.48 Å². The summed E-state index contributed by atoms with van der Waals surface area (Å²) < 4.78 is 1.84. The van der Waals surface area contributed by atoms with Gasteiger partial charge in [-0.2, -0.15) is 5.10 Å². The van der Waals surface area contributed by atoms with Crippen molar-refractivity contribution in [1.29, 1.82) is 0 Å². The van der Waals surface area contributed by atoms with Gasteiger partial charge in [0.1, 0.15) is 0 Å². The number of carbonyl (C=O) groups is 1. The molecule has 0 aromatic carbocycles. The molecular formula is C19H31ClN4O. The van der Waals surface area contributed by atoms with E-state index >= 15 is 0 Å². The standard InChI is InChI=1S/C19H30N4O.ClH/c1-13-3-5-15(6-4-13)23(16-7-8-16)19(24)18-11-20-10-17(18)14-9-21-22(2)12-14;/h9,12-13,15-18,20H,3-8,10-11H2,1-2H3;1H/t13?,15?,17-,18+;/m1./s1. The van der Waals surface area contributed by atoms with E-state index in [1.165, 1.54) is 44.1 Å². The average Bonchev–Trinajstić information content (AvgIpc) is 3.10. The number of nitrogens with one attached hydrogen (secondary N) is 1. The summed E-state index contributed by atoms with van der Waals surface area (Å²) in [6.45, 7) is 4.05. The molecule has 140 valence electrons. The van der Waals surface area contributed by atoms with E-state index in [-0.39, 0.29) is 24.2 Å². The minimum absolute atomic E-state index is 0. The van der Waals surface area contributed by atoms with Crippen molar-refractivity contribution < 1.29 is 4.79 Å². The van der Waals surface area contributed by atoms with Crippen LogP contribution in [0.1, 0.15) is 56.9 Å². The second kappa shape index (κ2) is 7.67. The van der Waals surface area contributed by atoms with Gasteiger partial charge >= 0.3 is 0 Å². The van der Waals surface area contributed by atoms with Crippen LogP contribution in [0.2, 0.25) is 0 Å². The zero-order chi connectivity index (χ0) is 16.7. The van der Waals surface area contributed by atoms with Crippen molar-refractivity contribution in [3.63, 3.8) is 0 Å². The molecule has 1 aromatic rings. The lowest BCUT2D eigenvalue weighted by atomic mass is 9.84. The second-order valence-corrected chi connectivity index (χ2v) is 8.21. The molecule has 4 rings (SSSR count). The fourth-order valence-electron chi connectivity index (χ4n) is 4.64. The first-order chi connectivity index (χ1) is 11.6. The predicted octanol–water partition coefficient (Wildman–Crippen LogP) is 2.71. The summed E-state index contributed by atoms with van der Waals surface area (Å²) >= 11 is 0. The van der Waals surface area contributed by atoms with Gasteiger partial charge in [-0.25, -0.2) is 0 Å². The van der Waals surface area contributed by atoms with Gasteiger partial charge in [0.2, 0.25) is 5.91 Å². The highest BCUT2D eigenvalue weighted by atomic mass is 35.5. The monoisotopic (exact) mass is 366 g/mol. The smallest absolute Gasteiger partial charge is 0.228 e. The molecule has 1 aromatic heterocycles. The number of hydrogen-bond donors (Lipinski definition) is 1. The Bertz CT molecular complexity index is 592. The van der Waals surface area contributed by atoms with Crippen molar-refractivity contribution >= 4 is 18.3 Å². The maximum absolute atomic E-state index is 13.5. The van der Waals surface area contributed by atoms with Crippen molar-refractivity contribution in [1.82, 2.24) is 20.0 Å². The summed E-state index contributed by atoms with van der Waals surface area (Å²) in [5.41, 5.74) is 1.20. The Balaban J connectivity index is 0.00000182. The van der Waals surface area contributed by atoms with Crippen LogP contribution in [-0.2, 0) is 11.8 Å². The Kier molecular flexibility index (Phi) is 5.74. The minimum Gasteiger partial charge on any atom is -0.336 e. The Morgan fingerprint density at radius 1 is 1.16 bits per heavy atom. The SMILES string of the molecule is CC1CCC(N(C(=O)[C@H]2CNC[C@@H]2c2cnn(C)c2)C2CC2)CC1.Cl. The first kappa shape index (κ1) is 18.7. The molecule has 6 heteroatoms. The summed E-state index contributed by atoms with van der Waals surface area (Å²) in [4.78, 5) is 15.8. The molecule has 0 radical (unpaired) electrons. The van der Waals surface area contributed by atoms with Crippen LogP contribution in [0.3, 0.4) is 0 Å². The number of aryl methyl sites for hydroxylation is 1. The summed E-state index contributed by atoms with van der Waals surface area (Å²) in [7, 11) is 1.95. The van der Waals surface area contributed by atoms with Gasteiger partial charge < -0.3 is 10.2 Å². The maximum Gasteiger partial charge on any atom is 0.228 e. The lowest BCUT2D eigenvalue weighted by Crippen LogP contribution is -2.47. The van der Waals surface area contributed by atoms with Gasteiger partial charge in [-0.05, 0) is 50.0 Å². The largest absolute Gasteiger partial charge is 0.336 e. The van der Waals surface area contributed by atoms with Crippen LogP contribution in [0.25, 0.3) is 0 Å². The van der Waals surface area contributed by atoms with Crippen LogP contribution in [0, 0.1) is 11.8 Å². The van der Waals surface area contributed by atoms with Gasteiger partial charge in [0.25, 0.3) is 0 Å². The molecule has 2 saturated carbocycles. The third-order valence-corrected chi connectivity index (χ3v) is 6.26. The fourth-order valence-corrected chi connectivity index (χ4v) is 4.64. The molecule has 1 amide bonds. The highest BCUT2D eigenvalue weighted by Gasteiger charge is 2.44. The number of nitrogens with zero attached hydrogens (tertiary/aromatic N) is 3. The molecule has 25 heavy (non-hydrogen) atoms. The van der Waals surface area contributed by atoms with E-state index in [9.17, 15) is 4.79 Å². The molecule has 0 unspecified atom stereocenters. The van der Waals surface area contributed by atoms with E-state index in [1.807, 2.05) is 17.9 Å². The highest BCUT2D eigenvalue weighted by molar-refractivity contribution is 5.85. The summed E-state index contributed by atoms with van der Waals surface area (Å²) in [6.07, 6.45) is 11.4. The summed E-state index contributed by atoms with van der Waals surface area (Å²) in [5, 5.41) is 7.76.